The first-order valence-corrected chi connectivity index (χ1v) is 31.2. The normalized spacial score (nSPS) is 26.6. The van der Waals surface area contributed by atoms with Gasteiger partial charge in [-0.05, 0) is 95.6 Å². The third-order valence-electron chi connectivity index (χ3n) is 16.1. The van der Waals surface area contributed by atoms with E-state index in [1.165, 1.54) is 19.9 Å². The van der Waals surface area contributed by atoms with Crippen molar-refractivity contribution in [2.45, 2.75) is 191 Å². The average molecular weight is 1300 g/mol. The Kier molecular flexibility index (Phi) is 29.5. The number of aryl methyl sites for hydroxylation is 1. The third-order valence-corrected chi connectivity index (χ3v) is 16.1. The number of nitrogens with two attached hydrogens (primary N) is 1. The second-order valence-electron chi connectivity index (χ2n) is 23.8. The molecule has 0 saturated carbocycles. The Labute approximate surface area is 538 Å². The molecule has 0 radical (unpaired) electrons. The van der Waals surface area contributed by atoms with E-state index in [9.17, 15) is 88.2 Å². The van der Waals surface area contributed by atoms with Crippen molar-refractivity contribution in [3.63, 3.8) is 0 Å². The van der Waals surface area contributed by atoms with Gasteiger partial charge in [-0.3, -0.25) is 57.5 Å². The summed E-state index contributed by atoms with van der Waals surface area (Å²) < 4.78 is 0. The summed E-state index contributed by atoms with van der Waals surface area (Å²) in [5, 5.41) is 88.0. The minimum absolute atomic E-state index is 0.00627. The molecule has 0 bridgehead atoms. The average Bonchev–Trinajstić information content (AvgIpc) is 1.80. The quantitative estimate of drug-likeness (QED) is 0.0668. The number of aliphatic hydroxyl groups excluding tert-OH is 6. The van der Waals surface area contributed by atoms with Crippen molar-refractivity contribution in [3.05, 3.63) is 95.3 Å². The van der Waals surface area contributed by atoms with E-state index in [1.54, 1.807) is 74.5 Å². The molecule has 3 aliphatic heterocycles. The smallest absolute Gasteiger partial charge is 0.268 e. The van der Waals surface area contributed by atoms with Crippen molar-refractivity contribution in [2.24, 2.45) is 11.7 Å². The van der Waals surface area contributed by atoms with Gasteiger partial charge in [-0.15, -0.1) is 0 Å². The fraction of sp³-hybridized carbons (Fsp3) is 0.556. The van der Waals surface area contributed by atoms with Crippen LogP contribution in [0.3, 0.4) is 0 Å². The van der Waals surface area contributed by atoms with Gasteiger partial charge in [-0.1, -0.05) is 86.7 Å². The number of carbonyl (C=O) groups excluding carboxylic acids is 12. The van der Waals surface area contributed by atoms with E-state index in [4.69, 9.17) is 5.73 Å². The molecule has 0 spiro atoms. The van der Waals surface area contributed by atoms with Crippen LogP contribution in [0.25, 0.3) is 0 Å². The lowest BCUT2D eigenvalue weighted by Gasteiger charge is -2.33. The van der Waals surface area contributed by atoms with Crippen molar-refractivity contribution in [1.82, 2.24) is 57.7 Å². The number of allylic oxidation sites excluding steroid dienone is 2. The first-order valence-electron chi connectivity index (χ1n) is 31.2. The molecule has 3 saturated heterocycles. The van der Waals surface area contributed by atoms with E-state index in [2.05, 4.69) is 47.9 Å². The van der Waals surface area contributed by atoms with E-state index >= 15 is 0 Å². The molecule has 3 aliphatic rings. The standard InChI is InChI=1S/C63H90N12O18/c1-6-39-55(85)72-45(33-76)58(88)67-40(7-2)56(86)73-52(35(5)77)61(91)69-42(23-22-36-16-10-8-11-17-36)63(93)75-27-15-21-47(75)60(90)70-43(30-38(78)31-49(80)48(79)28-34(3)4)53(83)62(92)68-41(24-25-50(64)81)54(84)65-32-51(82)74-26-14-20-46(74)59(89)71-44(57(87)66-39)29-37-18-12-9-13-19-37/h6-13,16-19,34-35,38,41-49,52-53,76-80,83H,14-15,20-33H2,1-5H3,(H2,64,81)(H,65,84)(H,66,87)(H,67,88)(H,68,92)(H,69,91)(H,70,90)(H,71,89)(H,72,85)(H,73,86)/b39-6-,40-7+. The van der Waals surface area contributed by atoms with Crippen LogP contribution >= 0.6 is 0 Å². The molecule has 13 atom stereocenters. The fourth-order valence-corrected chi connectivity index (χ4v) is 11.1. The van der Waals surface area contributed by atoms with Crippen molar-refractivity contribution >= 4 is 70.9 Å². The second kappa shape index (κ2) is 36.5. The fourth-order valence-electron chi connectivity index (χ4n) is 11.1. The highest BCUT2D eigenvalue weighted by Gasteiger charge is 2.43. The van der Waals surface area contributed by atoms with Gasteiger partial charge < -0.3 is 94.0 Å². The Morgan fingerprint density at radius 2 is 1.13 bits per heavy atom. The topological polar surface area (TPSA) is 467 Å². The molecule has 2 aromatic rings. The monoisotopic (exact) mass is 1300 g/mol. The minimum Gasteiger partial charge on any atom is -0.394 e. The summed E-state index contributed by atoms with van der Waals surface area (Å²) in [4.78, 5) is 170. The lowest BCUT2D eigenvalue weighted by Crippen LogP contribution is -2.61. The van der Waals surface area contributed by atoms with Crippen LogP contribution in [-0.2, 0) is 70.4 Å². The van der Waals surface area contributed by atoms with Crippen molar-refractivity contribution in [3.8, 4) is 0 Å². The highest BCUT2D eigenvalue weighted by molar-refractivity contribution is 6.04. The van der Waals surface area contributed by atoms with Crippen molar-refractivity contribution < 1.29 is 88.2 Å². The maximum atomic E-state index is 14.9. The Balaban J connectivity index is 1.55. The molecule has 0 aliphatic carbocycles. The third kappa shape index (κ3) is 22.5. The summed E-state index contributed by atoms with van der Waals surface area (Å²) in [5.41, 5.74) is 5.73. The van der Waals surface area contributed by atoms with Crippen LogP contribution in [0.1, 0.15) is 110 Å². The number of carbonyl (C=O) groups is 12. The molecule has 93 heavy (non-hydrogen) atoms. The SMILES string of the molecule is C/C=C1\NC(=O)C(Cc2ccccc2)NC(=O)C2CCCN2C(=O)CNC(=O)C(CCC(N)=O)NC(=O)C(O)C(CC(O)CC(O)C(O)CC(C)C)NC(=O)C2CCCN2C(=O)C(CCc2ccccc2)NC(=O)C(C(C)O)NC(=O)/C(=C\C)NC(=O)C(CO)NC1=O. The van der Waals surface area contributed by atoms with Crippen LogP contribution in [0.15, 0.2) is 84.2 Å². The van der Waals surface area contributed by atoms with Crippen molar-refractivity contribution in [2.75, 3.05) is 26.2 Å². The molecule has 3 fully saturated rings. The number of fused-ring (bicyclic) bond motifs is 2. The van der Waals surface area contributed by atoms with Gasteiger partial charge in [0.05, 0.1) is 43.6 Å². The number of aliphatic hydroxyl groups is 6. The molecule has 12 amide bonds. The summed E-state index contributed by atoms with van der Waals surface area (Å²) in [5.74, 6) is -12.3. The Bertz CT molecular complexity index is 3020. The van der Waals surface area contributed by atoms with Crippen LogP contribution in [0.2, 0.25) is 0 Å². The van der Waals surface area contributed by atoms with E-state index in [1.807, 2.05) is 0 Å². The molecule has 17 N–H and O–H groups in total. The highest BCUT2D eigenvalue weighted by atomic mass is 16.3. The molecule has 13 unspecified atom stereocenters. The zero-order valence-electron chi connectivity index (χ0n) is 52.9. The summed E-state index contributed by atoms with van der Waals surface area (Å²) in [7, 11) is 0. The van der Waals surface area contributed by atoms with Crippen LogP contribution in [-0.4, -0.2) is 216 Å². The predicted molar refractivity (Wildman–Crippen MR) is 333 cm³/mol. The molecule has 3 heterocycles. The summed E-state index contributed by atoms with van der Waals surface area (Å²) in [6, 6.07) is 4.50. The number of hydrogen-bond donors (Lipinski definition) is 16. The van der Waals surface area contributed by atoms with E-state index in [0.717, 1.165) is 28.4 Å². The zero-order chi connectivity index (χ0) is 68.6. The van der Waals surface area contributed by atoms with Crippen LogP contribution in [0, 0.1) is 5.92 Å². The largest absolute Gasteiger partial charge is 0.394 e. The minimum atomic E-state index is -2.35. The van der Waals surface area contributed by atoms with Gasteiger partial charge in [0.25, 0.3) is 17.7 Å². The lowest BCUT2D eigenvalue weighted by molar-refractivity contribution is -0.143. The highest BCUT2D eigenvalue weighted by Crippen LogP contribution is 2.23. The Morgan fingerprint density at radius 1 is 0.602 bits per heavy atom. The van der Waals surface area contributed by atoms with Gasteiger partial charge in [0.15, 0.2) is 6.10 Å². The maximum Gasteiger partial charge on any atom is 0.268 e. The number of nitrogens with one attached hydrogen (secondary N) is 9. The van der Waals surface area contributed by atoms with Gasteiger partial charge in [-0.2, -0.15) is 0 Å². The Hall–Kier alpha value is -8.68. The van der Waals surface area contributed by atoms with Gasteiger partial charge in [0, 0.05) is 32.4 Å². The zero-order valence-corrected chi connectivity index (χ0v) is 52.9. The molecular weight excluding hydrogens is 1210 g/mol. The number of nitrogens with zero attached hydrogens (tertiary/aromatic N) is 2. The molecule has 0 aromatic heterocycles. The van der Waals surface area contributed by atoms with Crippen LogP contribution in [0.5, 0.6) is 0 Å². The Morgan fingerprint density at radius 3 is 1.70 bits per heavy atom. The van der Waals surface area contributed by atoms with Gasteiger partial charge >= 0.3 is 0 Å². The number of amides is 12. The van der Waals surface area contributed by atoms with Gasteiger partial charge in [0.1, 0.15) is 53.7 Å². The molecule has 30 nitrogen and oxygen atoms in total. The molecular formula is C63H90N12O18. The summed E-state index contributed by atoms with van der Waals surface area (Å²) in [6.45, 7) is 5.50. The summed E-state index contributed by atoms with van der Waals surface area (Å²) >= 11 is 0. The number of rotatable bonds is 17. The van der Waals surface area contributed by atoms with Crippen molar-refractivity contribution in [1.29, 1.82) is 0 Å². The number of hydrogen-bond acceptors (Lipinski definition) is 18. The maximum absolute atomic E-state index is 14.9. The number of primary amides is 1. The molecule has 510 valence electrons. The van der Waals surface area contributed by atoms with Crippen LogP contribution < -0.4 is 53.6 Å². The van der Waals surface area contributed by atoms with E-state index in [-0.39, 0.29) is 64.0 Å². The predicted octanol–water partition coefficient (Wildman–Crippen LogP) is -4.17. The summed E-state index contributed by atoms with van der Waals surface area (Å²) in [6.07, 6.45) is -7.88. The first-order chi connectivity index (χ1) is 44.2. The van der Waals surface area contributed by atoms with Gasteiger partial charge in [0.2, 0.25) is 53.2 Å². The van der Waals surface area contributed by atoms with E-state index < -0.39 is 200 Å². The molecule has 2 aromatic carbocycles. The molecule has 5 rings (SSSR count). The molecule has 30 heteroatoms. The number of benzene rings is 2. The lowest BCUT2D eigenvalue weighted by atomic mass is 9.94. The van der Waals surface area contributed by atoms with Crippen LogP contribution in [0.4, 0.5) is 0 Å². The van der Waals surface area contributed by atoms with Gasteiger partial charge in [-0.25, -0.2) is 0 Å². The second-order valence-corrected chi connectivity index (χ2v) is 23.8. The van der Waals surface area contributed by atoms with E-state index in [0.29, 0.717) is 12.0 Å². The first kappa shape index (κ1) is 75.0.